The number of imide groups is 1. The Morgan fingerprint density at radius 2 is 1.73 bits per heavy atom. The highest BCUT2D eigenvalue weighted by Gasteiger charge is 2.42. The summed E-state index contributed by atoms with van der Waals surface area (Å²) in [5, 5.41) is 2.80. The summed E-state index contributed by atoms with van der Waals surface area (Å²) < 4.78 is 0. The lowest BCUT2D eigenvalue weighted by Gasteiger charge is -2.26. The number of benzene rings is 1. The zero-order valence-corrected chi connectivity index (χ0v) is 13.8. The first kappa shape index (κ1) is 16.5. The molecule has 0 bridgehead atoms. The van der Waals surface area contributed by atoms with E-state index < -0.39 is 6.04 Å². The van der Waals surface area contributed by atoms with Crippen LogP contribution in [0.25, 0.3) is 0 Å². The molecule has 1 atom stereocenters. The molecule has 1 aromatic carbocycles. The van der Waals surface area contributed by atoms with Gasteiger partial charge in [0.25, 0.3) is 11.8 Å². The normalized spacial score (nSPS) is 15.2. The van der Waals surface area contributed by atoms with Crippen LogP contribution in [0.3, 0.4) is 0 Å². The molecule has 0 aliphatic carbocycles. The van der Waals surface area contributed by atoms with E-state index in [1.807, 2.05) is 20.1 Å². The highest BCUT2D eigenvalue weighted by molar-refractivity contribution is 7.98. The highest BCUT2D eigenvalue weighted by Crippen LogP contribution is 2.26. The van der Waals surface area contributed by atoms with E-state index in [1.165, 1.54) is 0 Å². The van der Waals surface area contributed by atoms with Gasteiger partial charge in [0, 0.05) is 6.04 Å². The first-order chi connectivity index (χ1) is 10.5. The number of rotatable bonds is 6. The van der Waals surface area contributed by atoms with Crippen LogP contribution in [0.15, 0.2) is 24.3 Å². The van der Waals surface area contributed by atoms with Crippen LogP contribution in [0.5, 0.6) is 0 Å². The fourth-order valence-electron chi connectivity index (χ4n) is 2.48. The first-order valence-corrected chi connectivity index (χ1v) is 8.63. The maximum atomic E-state index is 12.5. The maximum absolute atomic E-state index is 12.5. The number of amides is 3. The number of carbonyl (C=O) groups excluding carboxylic acids is 3. The standard InChI is InChI=1S/C16H20N2O3S/c1-10(2)17-14(19)13(8-9-22-3)18-15(20)11-6-4-5-7-12(11)16(18)21/h4-7,10,13H,8-9H2,1-3H3,(H,17,19)/t13-/m1/s1. The van der Waals surface area contributed by atoms with Gasteiger partial charge in [-0.15, -0.1) is 0 Å². The zero-order valence-electron chi connectivity index (χ0n) is 13.0. The second kappa shape index (κ2) is 6.96. The number of fused-ring (bicyclic) bond motifs is 1. The average molecular weight is 320 g/mol. The molecule has 22 heavy (non-hydrogen) atoms. The predicted octanol–water partition coefficient (Wildman–Crippen LogP) is 1.93. The van der Waals surface area contributed by atoms with Crippen molar-refractivity contribution >= 4 is 29.5 Å². The topological polar surface area (TPSA) is 66.5 Å². The monoisotopic (exact) mass is 320 g/mol. The molecule has 2 rings (SSSR count). The molecular formula is C16H20N2O3S. The second-order valence-corrected chi connectivity index (χ2v) is 6.47. The molecule has 0 saturated heterocycles. The highest BCUT2D eigenvalue weighted by atomic mass is 32.2. The number of nitrogens with zero attached hydrogens (tertiary/aromatic N) is 1. The summed E-state index contributed by atoms with van der Waals surface area (Å²) in [6, 6.07) is 5.89. The molecule has 0 radical (unpaired) electrons. The molecule has 1 aliphatic rings. The van der Waals surface area contributed by atoms with Gasteiger partial charge in [0.15, 0.2) is 0 Å². The van der Waals surface area contributed by atoms with Gasteiger partial charge in [-0.3, -0.25) is 19.3 Å². The molecule has 1 aromatic rings. The van der Waals surface area contributed by atoms with Crippen LogP contribution in [0, 0.1) is 0 Å². The van der Waals surface area contributed by atoms with Crippen molar-refractivity contribution in [1.82, 2.24) is 10.2 Å². The van der Waals surface area contributed by atoms with Crippen LogP contribution in [0.2, 0.25) is 0 Å². The van der Waals surface area contributed by atoms with Crippen LogP contribution in [-0.4, -0.2) is 46.7 Å². The number of carbonyl (C=O) groups is 3. The predicted molar refractivity (Wildman–Crippen MR) is 87.0 cm³/mol. The van der Waals surface area contributed by atoms with Crippen LogP contribution in [0.4, 0.5) is 0 Å². The molecule has 6 heteroatoms. The summed E-state index contributed by atoms with van der Waals surface area (Å²) in [7, 11) is 0. The minimum Gasteiger partial charge on any atom is -0.352 e. The Bertz CT molecular complexity index is 566. The molecule has 1 heterocycles. The molecular weight excluding hydrogens is 300 g/mol. The zero-order chi connectivity index (χ0) is 16.3. The molecule has 3 amide bonds. The SMILES string of the molecule is CSCC[C@H](C(=O)NC(C)C)N1C(=O)c2ccccc2C1=O. The van der Waals surface area contributed by atoms with E-state index in [0.717, 1.165) is 4.90 Å². The van der Waals surface area contributed by atoms with Crippen molar-refractivity contribution in [3.63, 3.8) is 0 Å². The molecule has 1 aliphatic heterocycles. The fourth-order valence-corrected chi connectivity index (χ4v) is 2.94. The molecule has 1 N–H and O–H groups in total. The van der Waals surface area contributed by atoms with Crippen LogP contribution < -0.4 is 5.32 Å². The first-order valence-electron chi connectivity index (χ1n) is 7.23. The van der Waals surface area contributed by atoms with Gasteiger partial charge in [0.2, 0.25) is 5.91 Å². The van der Waals surface area contributed by atoms with Crippen molar-refractivity contribution in [2.45, 2.75) is 32.4 Å². The molecule has 0 fully saturated rings. The summed E-state index contributed by atoms with van der Waals surface area (Å²) in [5.41, 5.74) is 0.748. The molecule has 0 spiro atoms. The minimum atomic E-state index is -0.762. The largest absolute Gasteiger partial charge is 0.352 e. The maximum Gasteiger partial charge on any atom is 0.262 e. The number of hydrogen-bond acceptors (Lipinski definition) is 4. The molecule has 5 nitrogen and oxygen atoms in total. The third-order valence-corrected chi connectivity index (χ3v) is 4.11. The van der Waals surface area contributed by atoms with Crippen molar-refractivity contribution in [2.75, 3.05) is 12.0 Å². The summed E-state index contributed by atoms with van der Waals surface area (Å²) >= 11 is 1.58. The lowest BCUT2D eigenvalue weighted by Crippen LogP contribution is -2.51. The Morgan fingerprint density at radius 3 is 2.18 bits per heavy atom. The van der Waals surface area contributed by atoms with Crippen molar-refractivity contribution in [2.24, 2.45) is 0 Å². The minimum absolute atomic E-state index is 0.0422. The Morgan fingerprint density at radius 1 is 1.18 bits per heavy atom. The van der Waals surface area contributed by atoms with E-state index in [2.05, 4.69) is 5.32 Å². The van der Waals surface area contributed by atoms with Crippen molar-refractivity contribution in [1.29, 1.82) is 0 Å². The van der Waals surface area contributed by atoms with Gasteiger partial charge in [-0.05, 0) is 44.4 Å². The lowest BCUT2D eigenvalue weighted by atomic mass is 10.1. The fraction of sp³-hybridized carbons (Fsp3) is 0.438. The summed E-state index contributed by atoms with van der Waals surface area (Å²) in [4.78, 5) is 38.6. The Labute approximate surface area is 134 Å². The summed E-state index contributed by atoms with van der Waals surface area (Å²) in [5.74, 6) is -0.349. The average Bonchev–Trinajstić information content (AvgIpc) is 2.72. The van der Waals surface area contributed by atoms with Crippen molar-refractivity contribution in [3.05, 3.63) is 35.4 Å². The third kappa shape index (κ3) is 3.16. The van der Waals surface area contributed by atoms with Gasteiger partial charge in [0.05, 0.1) is 11.1 Å². The van der Waals surface area contributed by atoms with E-state index in [0.29, 0.717) is 23.3 Å². The van der Waals surface area contributed by atoms with E-state index >= 15 is 0 Å². The quantitative estimate of drug-likeness (QED) is 0.813. The van der Waals surface area contributed by atoms with Gasteiger partial charge >= 0.3 is 0 Å². The van der Waals surface area contributed by atoms with Gasteiger partial charge in [-0.25, -0.2) is 0 Å². The van der Waals surface area contributed by atoms with E-state index in [1.54, 1.807) is 36.0 Å². The van der Waals surface area contributed by atoms with Gasteiger partial charge < -0.3 is 5.32 Å². The molecule has 0 unspecified atom stereocenters. The molecule has 0 aromatic heterocycles. The van der Waals surface area contributed by atoms with Gasteiger partial charge in [0.1, 0.15) is 6.04 Å². The Kier molecular flexibility index (Phi) is 5.24. The third-order valence-electron chi connectivity index (χ3n) is 3.47. The summed E-state index contributed by atoms with van der Waals surface area (Å²) in [6.45, 7) is 3.71. The Balaban J connectivity index is 2.30. The van der Waals surface area contributed by atoms with Gasteiger partial charge in [-0.1, -0.05) is 12.1 Å². The van der Waals surface area contributed by atoms with Crippen LogP contribution >= 0.6 is 11.8 Å². The lowest BCUT2D eigenvalue weighted by molar-refractivity contribution is -0.125. The van der Waals surface area contributed by atoms with E-state index in [-0.39, 0.29) is 23.8 Å². The van der Waals surface area contributed by atoms with Gasteiger partial charge in [-0.2, -0.15) is 11.8 Å². The Hall–Kier alpha value is -1.82. The molecule has 0 saturated carbocycles. The van der Waals surface area contributed by atoms with E-state index in [4.69, 9.17) is 0 Å². The summed E-state index contributed by atoms with van der Waals surface area (Å²) in [6.07, 6.45) is 2.38. The van der Waals surface area contributed by atoms with Crippen molar-refractivity contribution in [3.8, 4) is 0 Å². The van der Waals surface area contributed by atoms with Crippen LogP contribution in [-0.2, 0) is 4.79 Å². The number of hydrogen-bond donors (Lipinski definition) is 1. The molecule has 118 valence electrons. The second-order valence-electron chi connectivity index (χ2n) is 5.49. The van der Waals surface area contributed by atoms with E-state index in [9.17, 15) is 14.4 Å². The number of thioether (sulfide) groups is 1. The van der Waals surface area contributed by atoms with Crippen LogP contribution in [0.1, 0.15) is 41.0 Å². The smallest absolute Gasteiger partial charge is 0.262 e. The van der Waals surface area contributed by atoms with Crippen molar-refractivity contribution < 1.29 is 14.4 Å². The number of nitrogens with one attached hydrogen (secondary N) is 1.